The Hall–Kier alpha value is -3.90. The van der Waals surface area contributed by atoms with E-state index in [9.17, 15) is 14.3 Å². The molecular formula is C30H36FN7O3. The average Bonchev–Trinajstić information content (AvgIpc) is 3.37. The van der Waals surface area contributed by atoms with Gasteiger partial charge in [-0.05, 0) is 62.2 Å². The molecule has 0 aliphatic carbocycles. The normalized spacial score (nSPS) is 18.5. The van der Waals surface area contributed by atoms with E-state index < -0.39 is 6.23 Å². The first-order valence-corrected chi connectivity index (χ1v) is 13.6. The molecule has 3 heterocycles. The van der Waals surface area contributed by atoms with E-state index in [1.165, 1.54) is 13.2 Å². The molecule has 5 rings (SSSR count). The van der Waals surface area contributed by atoms with Gasteiger partial charge in [0.2, 0.25) is 0 Å². The van der Waals surface area contributed by atoms with Crippen molar-refractivity contribution in [3.8, 4) is 17.0 Å². The van der Waals surface area contributed by atoms with E-state index in [1.807, 2.05) is 36.1 Å². The number of likely N-dealkylation sites (tertiary alicyclic amines) is 1. The largest absolute Gasteiger partial charge is 0.496 e. The van der Waals surface area contributed by atoms with Gasteiger partial charge in [0.25, 0.3) is 5.91 Å². The fraction of sp³-hybridized carbons (Fsp3) is 0.367. The lowest BCUT2D eigenvalue weighted by molar-refractivity contribution is -0.0369. The summed E-state index contributed by atoms with van der Waals surface area (Å²) in [5.41, 5.74) is 7.33. The molecule has 1 aliphatic heterocycles. The smallest absolute Gasteiger partial charge is 0.251 e. The number of aryl methyl sites for hydroxylation is 1. The third-order valence-corrected chi connectivity index (χ3v) is 7.48. The van der Waals surface area contributed by atoms with Gasteiger partial charge in [-0.1, -0.05) is 6.07 Å². The van der Waals surface area contributed by atoms with E-state index in [2.05, 4.69) is 25.9 Å². The number of hydrogen-bond donors (Lipinski definition) is 4. The van der Waals surface area contributed by atoms with E-state index in [-0.39, 0.29) is 30.4 Å². The fourth-order valence-corrected chi connectivity index (χ4v) is 5.50. The van der Waals surface area contributed by atoms with Crippen LogP contribution in [0.2, 0.25) is 0 Å². The molecule has 11 heteroatoms. The molecule has 4 aromatic rings. The Kier molecular flexibility index (Phi) is 8.60. The van der Waals surface area contributed by atoms with Crippen LogP contribution in [0.25, 0.3) is 22.2 Å². The number of H-pyrrole nitrogens is 1. The molecule has 0 radical (unpaired) electrons. The number of rotatable bonds is 9. The number of piperidine rings is 1. The SMILES string of the molecule is COc1cccc(F)c1CN1C[C@H](NC(=O)c2ccc3[nH]nc(-c4ccnc(C)c4)c3c2)CC[C@H]1C(O)NN(C)C. The second kappa shape index (κ2) is 12.3. The predicted octanol–water partition coefficient (Wildman–Crippen LogP) is 3.23. The maximum absolute atomic E-state index is 14.9. The van der Waals surface area contributed by atoms with Gasteiger partial charge in [-0.25, -0.2) is 14.8 Å². The van der Waals surface area contributed by atoms with Crippen molar-refractivity contribution in [2.75, 3.05) is 27.7 Å². The zero-order valence-electron chi connectivity index (χ0n) is 23.7. The Bertz CT molecular complexity index is 1530. The Morgan fingerprint density at radius 3 is 2.83 bits per heavy atom. The number of pyridine rings is 1. The fourth-order valence-electron chi connectivity index (χ4n) is 5.50. The molecule has 216 valence electrons. The summed E-state index contributed by atoms with van der Waals surface area (Å²) in [6.45, 7) is 2.57. The number of aliphatic hydroxyl groups excluding tert-OH is 1. The van der Waals surface area contributed by atoms with Crippen LogP contribution in [0.15, 0.2) is 54.7 Å². The Balaban J connectivity index is 1.36. The van der Waals surface area contributed by atoms with Gasteiger partial charge < -0.3 is 15.2 Å². The highest BCUT2D eigenvalue weighted by atomic mass is 19.1. The molecule has 1 saturated heterocycles. The third-order valence-electron chi connectivity index (χ3n) is 7.48. The molecular weight excluding hydrogens is 525 g/mol. The second-order valence-electron chi connectivity index (χ2n) is 10.7. The Labute approximate surface area is 238 Å². The maximum Gasteiger partial charge on any atom is 0.251 e. The molecule has 2 aromatic carbocycles. The highest BCUT2D eigenvalue weighted by Gasteiger charge is 2.35. The standard InChI is InChI=1S/C30H36FN7O3/c1-18-14-19(12-13-32-18)28-22-15-20(8-10-25(22)34-35-28)29(39)33-21-9-11-26(30(40)36-37(2)3)38(16-21)17-23-24(31)6-5-7-27(23)41-4/h5-8,10,12-15,21,26,30,36,40H,9,11,16-17H2,1-4H3,(H,33,39)(H,34,35)/t21-,26+,30?/m1/s1. The van der Waals surface area contributed by atoms with Crippen LogP contribution in [0, 0.1) is 12.7 Å². The first-order chi connectivity index (χ1) is 19.7. The van der Waals surface area contributed by atoms with Crippen LogP contribution in [0.5, 0.6) is 5.75 Å². The molecule has 3 atom stereocenters. The summed E-state index contributed by atoms with van der Waals surface area (Å²) in [4.78, 5) is 19.7. The van der Waals surface area contributed by atoms with Crippen molar-refractivity contribution >= 4 is 16.8 Å². The van der Waals surface area contributed by atoms with E-state index in [4.69, 9.17) is 4.74 Å². The molecule has 1 amide bonds. The van der Waals surface area contributed by atoms with Gasteiger partial charge in [-0.15, -0.1) is 0 Å². The van der Waals surface area contributed by atoms with Crippen LogP contribution >= 0.6 is 0 Å². The van der Waals surface area contributed by atoms with Crippen LogP contribution in [0.3, 0.4) is 0 Å². The number of hydrazine groups is 1. The first kappa shape index (κ1) is 28.6. The number of nitrogens with one attached hydrogen (secondary N) is 3. The number of hydrogen-bond acceptors (Lipinski definition) is 8. The molecule has 0 saturated carbocycles. The number of carbonyl (C=O) groups is 1. The van der Waals surface area contributed by atoms with E-state index in [0.717, 1.165) is 27.9 Å². The average molecular weight is 562 g/mol. The zero-order valence-corrected chi connectivity index (χ0v) is 23.7. The number of halogens is 1. The molecule has 2 aromatic heterocycles. The predicted molar refractivity (Wildman–Crippen MR) is 155 cm³/mol. The molecule has 1 aliphatic rings. The number of methoxy groups -OCH3 is 1. The van der Waals surface area contributed by atoms with E-state index >= 15 is 0 Å². The minimum Gasteiger partial charge on any atom is -0.496 e. The highest BCUT2D eigenvalue weighted by Crippen LogP contribution is 2.29. The van der Waals surface area contributed by atoms with Crippen molar-refractivity contribution in [1.82, 2.24) is 35.8 Å². The molecule has 41 heavy (non-hydrogen) atoms. The first-order valence-electron chi connectivity index (χ1n) is 13.6. The Morgan fingerprint density at radius 1 is 1.24 bits per heavy atom. The number of nitrogens with zero attached hydrogens (tertiary/aromatic N) is 4. The number of carbonyl (C=O) groups excluding carboxylic acids is 1. The maximum atomic E-state index is 14.9. The summed E-state index contributed by atoms with van der Waals surface area (Å²) in [5.74, 6) is -0.139. The number of benzene rings is 2. The van der Waals surface area contributed by atoms with Crippen molar-refractivity contribution in [3.63, 3.8) is 0 Å². The monoisotopic (exact) mass is 561 g/mol. The second-order valence-corrected chi connectivity index (χ2v) is 10.7. The van der Waals surface area contributed by atoms with Crippen LogP contribution in [0.1, 0.15) is 34.5 Å². The van der Waals surface area contributed by atoms with Crippen LogP contribution in [-0.4, -0.2) is 82.2 Å². The van der Waals surface area contributed by atoms with Crippen LogP contribution < -0.4 is 15.5 Å². The topological polar surface area (TPSA) is 119 Å². The van der Waals surface area contributed by atoms with Crippen molar-refractivity contribution < 1.29 is 19.0 Å². The van der Waals surface area contributed by atoms with Gasteiger partial charge in [0.05, 0.1) is 18.7 Å². The summed E-state index contributed by atoms with van der Waals surface area (Å²) < 4.78 is 20.3. The van der Waals surface area contributed by atoms with Crippen LogP contribution in [0.4, 0.5) is 4.39 Å². The molecule has 1 unspecified atom stereocenters. The zero-order chi connectivity index (χ0) is 29.1. The quantitative estimate of drug-likeness (QED) is 0.182. The van der Waals surface area contributed by atoms with E-state index in [0.29, 0.717) is 36.3 Å². The lowest BCUT2D eigenvalue weighted by Gasteiger charge is -2.42. The van der Waals surface area contributed by atoms with Crippen LogP contribution in [-0.2, 0) is 6.54 Å². The van der Waals surface area contributed by atoms with Gasteiger partial charge in [-0.2, -0.15) is 5.10 Å². The van der Waals surface area contributed by atoms with Crippen molar-refractivity contribution in [2.24, 2.45) is 0 Å². The van der Waals surface area contributed by atoms with Crippen molar-refractivity contribution in [3.05, 3.63) is 77.4 Å². The van der Waals surface area contributed by atoms with Gasteiger partial charge in [0.1, 0.15) is 23.5 Å². The van der Waals surface area contributed by atoms with Gasteiger partial charge >= 0.3 is 0 Å². The van der Waals surface area contributed by atoms with E-state index in [1.54, 1.807) is 43.5 Å². The number of aliphatic hydroxyl groups is 1. The minimum atomic E-state index is -0.877. The third kappa shape index (κ3) is 6.38. The number of amides is 1. The summed E-state index contributed by atoms with van der Waals surface area (Å²) in [7, 11) is 5.12. The lowest BCUT2D eigenvalue weighted by atomic mass is 9.95. The highest BCUT2D eigenvalue weighted by molar-refractivity contribution is 6.01. The lowest BCUT2D eigenvalue weighted by Crippen LogP contribution is -2.59. The summed E-state index contributed by atoms with van der Waals surface area (Å²) in [6, 6.07) is 13.5. The van der Waals surface area contributed by atoms with Crippen molar-refractivity contribution in [2.45, 2.75) is 44.6 Å². The minimum absolute atomic E-state index is 0.203. The van der Waals surface area contributed by atoms with Gasteiger partial charge in [-0.3, -0.25) is 19.8 Å². The molecule has 1 fully saturated rings. The van der Waals surface area contributed by atoms with Crippen molar-refractivity contribution in [1.29, 1.82) is 0 Å². The summed E-state index contributed by atoms with van der Waals surface area (Å²) >= 11 is 0. The summed E-state index contributed by atoms with van der Waals surface area (Å²) in [5, 5.41) is 24.1. The number of fused-ring (bicyclic) bond motifs is 1. The molecule has 4 N–H and O–H groups in total. The van der Waals surface area contributed by atoms with Gasteiger partial charge in [0, 0.05) is 67.2 Å². The Morgan fingerprint density at radius 2 is 2.07 bits per heavy atom. The number of aromatic amines is 1. The number of ether oxygens (including phenoxy) is 1. The summed E-state index contributed by atoms with van der Waals surface area (Å²) in [6.07, 6.45) is 2.11. The molecule has 10 nitrogen and oxygen atoms in total. The molecule has 0 spiro atoms. The molecule has 0 bridgehead atoms. The number of aromatic nitrogens is 3. The van der Waals surface area contributed by atoms with Gasteiger partial charge in [0.15, 0.2) is 0 Å².